The van der Waals surface area contributed by atoms with Gasteiger partial charge in [-0.2, -0.15) is 0 Å². The zero-order valence-electron chi connectivity index (χ0n) is 13.2. The van der Waals surface area contributed by atoms with Crippen LogP contribution >= 0.6 is 0 Å². The summed E-state index contributed by atoms with van der Waals surface area (Å²) in [6, 6.07) is 10.9. The Morgan fingerprint density at radius 2 is 1.87 bits per heavy atom. The number of primary amides is 1. The van der Waals surface area contributed by atoms with Crippen LogP contribution in [0.15, 0.2) is 42.6 Å². The molecule has 0 radical (unpaired) electrons. The standard InChI is InChI=1S/C18H21N3O2/c1-2-3-4-6-13-8-10-14(11-9-13)21-18(23)15-7-5-12-20-16(15)17(19)22/h5,7-12H,2-4,6H2,1H3,(H2,19,22)(H,21,23). The molecule has 1 aromatic carbocycles. The quantitative estimate of drug-likeness (QED) is 0.770. The number of nitrogens with one attached hydrogen (secondary N) is 1. The number of pyridine rings is 1. The van der Waals surface area contributed by atoms with Gasteiger partial charge in [0, 0.05) is 11.9 Å². The fourth-order valence-corrected chi connectivity index (χ4v) is 2.32. The molecule has 0 unspecified atom stereocenters. The molecule has 120 valence electrons. The molecule has 3 N–H and O–H groups in total. The first kappa shape index (κ1) is 16.7. The van der Waals surface area contributed by atoms with E-state index in [0.717, 1.165) is 6.42 Å². The van der Waals surface area contributed by atoms with Crippen molar-refractivity contribution < 1.29 is 9.59 Å². The van der Waals surface area contributed by atoms with E-state index >= 15 is 0 Å². The number of aryl methyl sites for hydroxylation is 1. The highest BCUT2D eigenvalue weighted by atomic mass is 16.2. The Bertz CT molecular complexity index is 681. The van der Waals surface area contributed by atoms with Gasteiger partial charge in [0.1, 0.15) is 5.69 Å². The minimum atomic E-state index is -0.720. The van der Waals surface area contributed by atoms with E-state index in [2.05, 4.69) is 17.2 Å². The van der Waals surface area contributed by atoms with Crippen LogP contribution in [0.25, 0.3) is 0 Å². The van der Waals surface area contributed by atoms with Crippen molar-refractivity contribution in [1.82, 2.24) is 4.98 Å². The molecule has 0 fully saturated rings. The maximum atomic E-state index is 12.3. The third-order valence-corrected chi connectivity index (χ3v) is 3.57. The molecule has 2 rings (SSSR count). The Labute approximate surface area is 135 Å². The average Bonchev–Trinajstić information content (AvgIpc) is 2.56. The van der Waals surface area contributed by atoms with Crippen LogP contribution in [0.2, 0.25) is 0 Å². The monoisotopic (exact) mass is 311 g/mol. The van der Waals surface area contributed by atoms with Crippen molar-refractivity contribution in [3.63, 3.8) is 0 Å². The van der Waals surface area contributed by atoms with E-state index in [-0.39, 0.29) is 11.3 Å². The second kappa shape index (κ2) is 8.08. The molecule has 1 aromatic heterocycles. The Morgan fingerprint density at radius 1 is 1.13 bits per heavy atom. The molecule has 0 aliphatic rings. The molecule has 0 saturated carbocycles. The van der Waals surface area contributed by atoms with Gasteiger partial charge >= 0.3 is 0 Å². The number of hydrogen-bond acceptors (Lipinski definition) is 3. The third kappa shape index (κ3) is 4.64. The van der Waals surface area contributed by atoms with Crippen molar-refractivity contribution in [2.24, 2.45) is 5.73 Å². The van der Waals surface area contributed by atoms with Gasteiger partial charge in [-0.3, -0.25) is 14.6 Å². The van der Waals surface area contributed by atoms with E-state index < -0.39 is 11.8 Å². The first-order valence-corrected chi connectivity index (χ1v) is 7.77. The lowest BCUT2D eigenvalue weighted by atomic mass is 10.1. The summed E-state index contributed by atoms with van der Waals surface area (Å²) in [5, 5.41) is 2.76. The fourth-order valence-electron chi connectivity index (χ4n) is 2.32. The smallest absolute Gasteiger partial charge is 0.268 e. The summed E-state index contributed by atoms with van der Waals surface area (Å²) in [5.74, 6) is -1.12. The first-order valence-electron chi connectivity index (χ1n) is 7.77. The van der Waals surface area contributed by atoms with Gasteiger partial charge in [-0.05, 0) is 42.7 Å². The summed E-state index contributed by atoms with van der Waals surface area (Å²) in [4.78, 5) is 27.5. The number of hydrogen-bond donors (Lipinski definition) is 2. The topological polar surface area (TPSA) is 85.1 Å². The van der Waals surface area contributed by atoms with Crippen LogP contribution in [0, 0.1) is 0 Å². The van der Waals surface area contributed by atoms with Gasteiger partial charge in [0.05, 0.1) is 5.56 Å². The number of benzene rings is 1. The number of carbonyl (C=O) groups excluding carboxylic acids is 2. The minimum absolute atomic E-state index is 0.0267. The molecule has 0 atom stereocenters. The molecular weight excluding hydrogens is 290 g/mol. The molecule has 0 aliphatic carbocycles. The number of aromatic nitrogens is 1. The van der Waals surface area contributed by atoms with Gasteiger partial charge in [-0.25, -0.2) is 0 Å². The second-order valence-corrected chi connectivity index (χ2v) is 5.37. The molecule has 2 aromatic rings. The van der Waals surface area contributed by atoms with Crippen LogP contribution in [0.5, 0.6) is 0 Å². The van der Waals surface area contributed by atoms with Gasteiger partial charge < -0.3 is 11.1 Å². The lowest BCUT2D eigenvalue weighted by molar-refractivity contribution is 0.0972. The normalized spacial score (nSPS) is 10.3. The summed E-state index contributed by atoms with van der Waals surface area (Å²) in [6.45, 7) is 2.18. The average molecular weight is 311 g/mol. The highest BCUT2D eigenvalue weighted by molar-refractivity contribution is 6.10. The zero-order chi connectivity index (χ0) is 16.7. The summed E-state index contributed by atoms with van der Waals surface area (Å²) in [6.07, 6.45) is 6.05. The van der Waals surface area contributed by atoms with E-state index in [1.54, 1.807) is 6.07 Å². The van der Waals surface area contributed by atoms with Gasteiger partial charge in [0.2, 0.25) is 0 Å². The van der Waals surface area contributed by atoms with Crippen molar-refractivity contribution in [3.8, 4) is 0 Å². The van der Waals surface area contributed by atoms with E-state index in [9.17, 15) is 9.59 Å². The fraction of sp³-hybridized carbons (Fsp3) is 0.278. The lowest BCUT2D eigenvalue weighted by Crippen LogP contribution is -2.21. The highest BCUT2D eigenvalue weighted by Gasteiger charge is 2.16. The van der Waals surface area contributed by atoms with Gasteiger partial charge in [0.25, 0.3) is 11.8 Å². The van der Waals surface area contributed by atoms with Gasteiger partial charge in [0.15, 0.2) is 0 Å². The first-order chi connectivity index (χ1) is 11.1. The number of unbranched alkanes of at least 4 members (excludes halogenated alkanes) is 2. The number of nitrogens with two attached hydrogens (primary N) is 1. The Balaban J connectivity index is 2.05. The summed E-state index contributed by atoms with van der Waals surface area (Å²) in [7, 11) is 0. The summed E-state index contributed by atoms with van der Waals surface area (Å²) in [5.41, 5.74) is 7.31. The molecule has 0 bridgehead atoms. The third-order valence-electron chi connectivity index (χ3n) is 3.57. The zero-order valence-corrected chi connectivity index (χ0v) is 13.2. The van der Waals surface area contributed by atoms with E-state index in [4.69, 9.17) is 5.73 Å². The van der Waals surface area contributed by atoms with E-state index in [0.29, 0.717) is 5.69 Å². The van der Waals surface area contributed by atoms with Crippen molar-refractivity contribution in [2.45, 2.75) is 32.6 Å². The lowest BCUT2D eigenvalue weighted by Gasteiger charge is -2.08. The van der Waals surface area contributed by atoms with Crippen LogP contribution in [0.1, 0.15) is 52.6 Å². The molecule has 2 amide bonds. The Morgan fingerprint density at radius 3 is 2.52 bits per heavy atom. The molecule has 0 spiro atoms. The van der Waals surface area contributed by atoms with E-state index in [1.807, 2.05) is 24.3 Å². The number of rotatable bonds is 7. The number of amides is 2. The number of anilines is 1. The summed E-state index contributed by atoms with van der Waals surface area (Å²) < 4.78 is 0. The predicted molar refractivity (Wildman–Crippen MR) is 90.4 cm³/mol. The maximum Gasteiger partial charge on any atom is 0.268 e. The van der Waals surface area contributed by atoms with Crippen molar-refractivity contribution in [2.75, 3.05) is 5.32 Å². The SMILES string of the molecule is CCCCCc1ccc(NC(=O)c2cccnc2C(N)=O)cc1. The van der Waals surface area contributed by atoms with Crippen molar-refractivity contribution >= 4 is 17.5 Å². The van der Waals surface area contributed by atoms with Gasteiger partial charge in [-0.1, -0.05) is 31.9 Å². The summed E-state index contributed by atoms with van der Waals surface area (Å²) >= 11 is 0. The Hall–Kier alpha value is -2.69. The van der Waals surface area contributed by atoms with Crippen LogP contribution in [0.4, 0.5) is 5.69 Å². The molecular formula is C18H21N3O2. The van der Waals surface area contributed by atoms with Crippen LogP contribution in [-0.2, 0) is 6.42 Å². The Kier molecular flexibility index (Phi) is 5.86. The van der Waals surface area contributed by atoms with Crippen molar-refractivity contribution in [3.05, 3.63) is 59.4 Å². The minimum Gasteiger partial charge on any atom is -0.364 e. The molecule has 0 saturated heterocycles. The number of carbonyl (C=O) groups is 2. The highest BCUT2D eigenvalue weighted by Crippen LogP contribution is 2.14. The maximum absolute atomic E-state index is 12.3. The van der Waals surface area contributed by atoms with Gasteiger partial charge in [-0.15, -0.1) is 0 Å². The molecule has 23 heavy (non-hydrogen) atoms. The predicted octanol–water partition coefficient (Wildman–Crippen LogP) is 3.17. The van der Waals surface area contributed by atoms with E-state index in [1.165, 1.54) is 37.1 Å². The molecule has 5 nitrogen and oxygen atoms in total. The van der Waals surface area contributed by atoms with Crippen LogP contribution in [-0.4, -0.2) is 16.8 Å². The molecule has 1 heterocycles. The molecule has 5 heteroatoms. The molecule has 0 aliphatic heterocycles. The second-order valence-electron chi connectivity index (χ2n) is 5.37. The number of nitrogens with zero attached hydrogens (tertiary/aromatic N) is 1. The van der Waals surface area contributed by atoms with Crippen molar-refractivity contribution in [1.29, 1.82) is 0 Å². The van der Waals surface area contributed by atoms with Crippen LogP contribution in [0.3, 0.4) is 0 Å². The van der Waals surface area contributed by atoms with Crippen LogP contribution < -0.4 is 11.1 Å². The largest absolute Gasteiger partial charge is 0.364 e.